The molecule has 0 spiro atoms. The highest BCUT2D eigenvalue weighted by atomic mass is 79.9. The van der Waals surface area contributed by atoms with Crippen LogP contribution in [0, 0.1) is 17.2 Å². The Hall–Kier alpha value is -1.93. The summed E-state index contributed by atoms with van der Waals surface area (Å²) in [5.74, 6) is -1.07. The summed E-state index contributed by atoms with van der Waals surface area (Å²) >= 11 is 3.41. The zero-order chi connectivity index (χ0) is 23.2. The number of halogens is 1. The Balaban J connectivity index is 2.20. The van der Waals surface area contributed by atoms with Crippen LogP contribution in [0.5, 0.6) is 0 Å². The highest BCUT2D eigenvalue weighted by molar-refractivity contribution is 9.09. The van der Waals surface area contributed by atoms with Gasteiger partial charge in [0.25, 0.3) is 0 Å². The highest BCUT2D eigenvalue weighted by Crippen LogP contribution is 2.30. The van der Waals surface area contributed by atoms with Crippen LogP contribution in [0.4, 0.5) is 4.79 Å². The van der Waals surface area contributed by atoms with Crippen LogP contribution in [-0.2, 0) is 14.3 Å². The first-order valence-corrected chi connectivity index (χ1v) is 11.7. The lowest BCUT2D eigenvalue weighted by Gasteiger charge is -2.41. The number of hydrogen-bond acceptors (Lipinski definition) is 6. The van der Waals surface area contributed by atoms with Gasteiger partial charge in [-0.15, -0.1) is 0 Å². The van der Waals surface area contributed by atoms with E-state index in [4.69, 9.17) is 14.9 Å². The molecular formula is C23H34BrN3O4. The fraction of sp³-hybridized carbons (Fsp3) is 0.609. The van der Waals surface area contributed by atoms with E-state index in [-0.39, 0.29) is 24.0 Å². The van der Waals surface area contributed by atoms with Crippen molar-refractivity contribution in [2.24, 2.45) is 11.8 Å². The Morgan fingerprint density at radius 2 is 1.71 bits per heavy atom. The maximum atomic E-state index is 12.4. The fourth-order valence-corrected chi connectivity index (χ4v) is 4.55. The third kappa shape index (κ3) is 6.77. The van der Waals surface area contributed by atoms with Gasteiger partial charge in [0.05, 0.1) is 19.1 Å². The van der Waals surface area contributed by atoms with E-state index >= 15 is 0 Å². The van der Waals surface area contributed by atoms with Gasteiger partial charge in [-0.05, 0) is 26.3 Å². The molecule has 1 aromatic carbocycles. The van der Waals surface area contributed by atoms with E-state index < -0.39 is 11.5 Å². The molecule has 1 heterocycles. The summed E-state index contributed by atoms with van der Waals surface area (Å²) in [5, 5.41) is 9.43. The lowest BCUT2D eigenvalue weighted by molar-refractivity contribution is -0.145. The molecule has 3 atom stereocenters. The quantitative estimate of drug-likeness (QED) is 0.349. The fourth-order valence-electron chi connectivity index (χ4n) is 3.73. The summed E-state index contributed by atoms with van der Waals surface area (Å²) in [6.07, 6.45) is -0.308. The molecule has 0 radical (unpaired) electrons. The first-order valence-electron chi connectivity index (χ1n) is 10.6. The number of carbonyl (C=O) groups is 2. The number of carbonyl (C=O) groups excluding carboxylic acids is 2. The molecule has 1 aromatic rings. The summed E-state index contributed by atoms with van der Waals surface area (Å²) in [6, 6.07) is 9.60. The van der Waals surface area contributed by atoms with Crippen molar-refractivity contribution in [1.29, 1.82) is 5.41 Å². The van der Waals surface area contributed by atoms with Crippen LogP contribution in [0.15, 0.2) is 30.3 Å². The Morgan fingerprint density at radius 1 is 1.13 bits per heavy atom. The molecule has 1 fully saturated rings. The maximum absolute atomic E-state index is 12.4. The van der Waals surface area contributed by atoms with Crippen LogP contribution in [0.2, 0.25) is 0 Å². The van der Waals surface area contributed by atoms with Gasteiger partial charge in [0, 0.05) is 43.1 Å². The summed E-state index contributed by atoms with van der Waals surface area (Å²) in [5.41, 5.74) is 0.937. The van der Waals surface area contributed by atoms with Crippen LogP contribution in [-0.4, -0.2) is 71.8 Å². The number of nitrogens with zero attached hydrogens (tertiary/aromatic N) is 2. The van der Waals surface area contributed by atoms with Crippen molar-refractivity contribution in [2.75, 3.05) is 38.6 Å². The predicted octanol–water partition coefficient (Wildman–Crippen LogP) is 4.12. The molecule has 31 heavy (non-hydrogen) atoms. The van der Waals surface area contributed by atoms with E-state index in [9.17, 15) is 9.59 Å². The van der Waals surface area contributed by atoms with E-state index in [1.54, 1.807) is 4.90 Å². The number of alkyl halides is 1. The Labute approximate surface area is 193 Å². The standard InChI is InChI=1S/C23H34BrN3O4/c1-16(18(15-24)21(28)30-5)19(25)20(17-9-7-6-8-10-17)26-11-13-27(14-12-26)22(29)31-23(2,3)4/h6-10,16,18,20,25H,11-15H2,1-5H3/t16?,18-,20?/m1/s1. The van der Waals surface area contributed by atoms with Crippen molar-refractivity contribution < 1.29 is 19.1 Å². The van der Waals surface area contributed by atoms with Crippen LogP contribution >= 0.6 is 15.9 Å². The van der Waals surface area contributed by atoms with Crippen molar-refractivity contribution in [3.05, 3.63) is 35.9 Å². The normalized spacial score (nSPS) is 18.1. The van der Waals surface area contributed by atoms with E-state index in [1.807, 2.05) is 58.0 Å². The SMILES string of the molecule is COC(=O)[C@H](CBr)C(C)C(=N)C(c1ccccc1)N1CCN(C(=O)OC(C)(C)C)CC1. The molecule has 7 nitrogen and oxygen atoms in total. The zero-order valence-electron chi connectivity index (χ0n) is 19.1. The number of nitrogens with one attached hydrogen (secondary N) is 1. The number of amides is 1. The van der Waals surface area contributed by atoms with E-state index in [1.165, 1.54) is 7.11 Å². The Morgan fingerprint density at radius 3 is 2.19 bits per heavy atom. The molecule has 172 valence electrons. The van der Waals surface area contributed by atoms with Gasteiger partial charge in [-0.2, -0.15) is 0 Å². The minimum Gasteiger partial charge on any atom is -0.469 e. The first-order chi connectivity index (χ1) is 14.6. The number of benzene rings is 1. The largest absolute Gasteiger partial charge is 0.469 e. The summed E-state index contributed by atoms with van der Waals surface area (Å²) in [7, 11) is 1.37. The topological polar surface area (TPSA) is 82.9 Å². The molecule has 2 rings (SSSR count). The monoisotopic (exact) mass is 495 g/mol. The first kappa shape index (κ1) is 25.3. The molecule has 1 N–H and O–H groups in total. The minimum absolute atomic E-state index is 0.275. The number of hydrogen-bond donors (Lipinski definition) is 1. The molecule has 1 aliphatic rings. The Kier molecular flexibility index (Phi) is 9.06. The lowest BCUT2D eigenvalue weighted by atomic mass is 9.84. The van der Waals surface area contributed by atoms with E-state index in [0.29, 0.717) is 37.2 Å². The van der Waals surface area contributed by atoms with Gasteiger partial charge in [-0.3, -0.25) is 9.69 Å². The molecule has 0 aliphatic carbocycles. The van der Waals surface area contributed by atoms with Crippen molar-refractivity contribution >= 4 is 33.7 Å². The second-order valence-corrected chi connectivity index (χ2v) is 9.49. The average Bonchev–Trinajstić information content (AvgIpc) is 2.74. The van der Waals surface area contributed by atoms with Crippen molar-refractivity contribution in [3.8, 4) is 0 Å². The number of piperazine rings is 1. The van der Waals surface area contributed by atoms with E-state index in [2.05, 4.69) is 20.8 Å². The second-order valence-electron chi connectivity index (χ2n) is 8.84. The van der Waals surface area contributed by atoms with Gasteiger partial charge in [0.1, 0.15) is 5.60 Å². The highest BCUT2D eigenvalue weighted by Gasteiger charge is 2.36. The van der Waals surface area contributed by atoms with Crippen molar-refractivity contribution in [3.63, 3.8) is 0 Å². The number of rotatable bonds is 7. The molecule has 0 bridgehead atoms. The van der Waals surface area contributed by atoms with Crippen LogP contribution in [0.1, 0.15) is 39.3 Å². The molecule has 0 saturated carbocycles. The molecule has 1 amide bonds. The molecular weight excluding hydrogens is 462 g/mol. The average molecular weight is 496 g/mol. The summed E-state index contributed by atoms with van der Waals surface area (Å²) in [6.45, 7) is 9.76. The lowest BCUT2D eigenvalue weighted by Crippen LogP contribution is -2.52. The third-order valence-corrected chi connectivity index (χ3v) is 6.20. The van der Waals surface area contributed by atoms with E-state index in [0.717, 1.165) is 5.56 Å². The van der Waals surface area contributed by atoms with Crippen molar-refractivity contribution in [2.45, 2.75) is 39.3 Å². The van der Waals surface area contributed by atoms with Gasteiger partial charge in [-0.1, -0.05) is 53.2 Å². The molecule has 0 aromatic heterocycles. The second kappa shape index (κ2) is 11.1. The van der Waals surface area contributed by atoms with Crippen LogP contribution in [0.3, 0.4) is 0 Å². The van der Waals surface area contributed by atoms with Crippen LogP contribution in [0.25, 0.3) is 0 Å². The minimum atomic E-state index is -0.531. The molecule has 2 unspecified atom stereocenters. The predicted molar refractivity (Wildman–Crippen MR) is 125 cm³/mol. The van der Waals surface area contributed by atoms with Gasteiger partial charge in [-0.25, -0.2) is 4.79 Å². The van der Waals surface area contributed by atoms with Gasteiger partial charge < -0.3 is 19.8 Å². The molecule has 8 heteroatoms. The van der Waals surface area contributed by atoms with Gasteiger partial charge in [0.15, 0.2) is 0 Å². The van der Waals surface area contributed by atoms with Gasteiger partial charge in [0.2, 0.25) is 0 Å². The zero-order valence-corrected chi connectivity index (χ0v) is 20.6. The third-order valence-electron chi connectivity index (χ3n) is 5.51. The van der Waals surface area contributed by atoms with Crippen LogP contribution < -0.4 is 0 Å². The number of ether oxygens (including phenoxy) is 2. The summed E-state index contributed by atoms with van der Waals surface area (Å²) in [4.78, 5) is 28.6. The smallest absolute Gasteiger partial charge is 0.410 e. The summed E-state index contributed by atoms with van der Waals surface area (Å²) < 4.78 is 10.4. The number of methoxy groups -OCH3 is 1. The molecule has 1 aliphatic heterocycles. The van der Waals surface area contributed by atoms with Crippen molar-refractivity contribution in [1.82, 2.24) is 9.80 Å². The number of esters is 1. The van der Waals surface area contributed by atoms with Gasteiger partial charge >= 0.3 is 12.1 Å². The molecule has 1 saturated heterocycles. The maximum Gasteiger partial charge on any atom is 0.410 e. The Bertz CT molecular complexity index is 758.